The highest BCUT2D eigenvalue weighted by Gasteiger charge is 2.13. The SMILES string of the molecule is C1CN(CSSN2CCOCC2)CCO1. The summed E-state index contributed by atoms with van der Waals surface area (Å²) in [4.78, 5) is 2.45. The van der Waals surface area contributed by atoms with Crippen LogP contribution in [0.4, 0.5) is 0 Å². The lowest BCUT2D eigenvalue weighted by Gasteiger charge is -2.28. The molecular formula is C9H18N2O2S2. The predicted octanol–water partition coefficient (Wildman–Crippen LogP) is 0.905. The Kier molecular flexibility index (Phi) is 5.59. The molecule has 0 N–H and O–H groups in total. The summed E-state index contributed by atoms with van der Waals surface area (Å²) in [5.74, 6) is 1.10. The molecule has 0 spiro atoms. The van der Waals surface area contributed by atoms with Gasteiger partial charge in [0.15, 0.2) is 0 Å². The predicted molar refractivity (Wildman–Crippen MR) is 64.8 cm³/mol. The molecule has 0 aliphatic carbocycles. The van der Waals surface area contributed by atoms with Crippen LogP contribution in [0.25, 0.3) is 0 Å². The average molecular weight is 250 g/mol. The molecule has 15 heavy (non-hydrogen) atoms. The first-order valence-corrected chi connectivity index (χ1v) is 7.65. The van der Waals surface area contributed by atoms with Crippen LogP contribution >= 0.6 is 21.8 Å². The minimum absolute atomic E-state index is 0.880. The number of hydrogen-bond donors (Lipinski definition) is 0. The van der Waals surface area contributed by atoms with Gasteiger partial charge < -0.3 is 9.47 Å². The Bertz CT molecular complexity index is 155. The Labute approximate surface area is 99.2 Å². The highest BCUT2D eigenvalue weighted by atomic mass is 33.1. The van der Waals surface area contributed by atoms with Gasteiger partial charge in [0.05, 0.1) is 32.3 Å². The van der Waals surface area contributed by atoms with Crippen LogP contribution in [0.1, 0.15) is 0 Å². The van der Waals surface area contributed by atoms with Crippen molar-refractivity contribution in [2.75, 3.05) is 58.5 Å². The van der Waals surface area contributed by atoms with Gasteiger partial charge in [-0.3, -0.25) is 4.90 Å². The third-order valence-electron chi connectivity index (χ3n) is 2.47. The van der Waals surface area contributed by atoms with Gasteiger partial charge in [-0.05, 0) is 11.0 Å². The Hall–Kier alpha value is 0.540. The lowest BCUT2D eigenvalue weighted by atomic mass is 10.5. The van der Waals surface area contributed by atoms with E-state index in [-0.39, 0.29) is 0 Å². The summed E-state index contributed by atoms with van der Waals surface area (Å²) in [5, 5.41) is 0. The molecule has 4 nitrogen and oxygen atoms in total. The Morgan fingerprint density at radius 2 is 1.47 bits per heavy atom. The summed E-state index contributed by atoms with van der Waals surface area (Å²) in [6, 6.07) is 0. The van der Waals surface area contributed by atoms with E-state index in [0.29, 0.717) is 0 Å². The fourth-order valence-electron chi connectivity index (χ4n) is 1.52. The topological polar surface area (TPSA) is 24.9 Å². The first kappa shape index (κ1) is 12.0. The van der Waals surface area contributed by atoms with E-state index in [1.54, 1.807) is 0 Å². The molecule has 2 rings (SSSR count). The van der Waals surface area contributed by atoms with Gasteiger partial charge in [-0.25, -0.2) is 4.31 Å². The first-order valence-electron chi connectivity index (χ1n) is 5.37. The second-order valence-corrected chi connectivity index (χ2v) is 5.91. The van der Waals surface area contributed by atoms with Crippen molar-refractivity contribution in [2.24, 2.45) is 0 Å². The molecule has 0 amide bonds. The van der Waals surface area contributed by atoms with Crippen molar-refractivity contribution in [2.45, 2.75) is 0 Å². The Balaban J connectivity index is 1.53. The zero-order chi connectivity index (χ0) is 10.3. The average Bonchev–Trinajstić information content (AvgIpc) is 2.32. The number of morpholine rings is 2. The Morgan fingerprint density at radius 1 is 0.867 bits per heavy atom. The maximum atomic E-state index is 5.31. The lowest BCUT2D eigenvalue weighted by molar-refractivity contribution is 0.0475. The second-order valence-electron chi connectivity index (χ2n) is 3.59. The first-order chi connectivity index (χ1) is 7.45. The van der Waals surface area contributed by atoms with Crippen molar-refractivity contribution in [1.82, 2.24) is 9.21 Å². The fourth-order valence-corrected chi connectivity index (χ4v) is 3.91. The van der Waals surface area contributed by atoms with Crippen LogP contribution < -0.4 is 0 Å². The molecule has 2 fully saturated rings. The highest BCUT2D eigenvalue weighted by molar-refractivity contribution is 8.75. The van der Waals surface area contributed by atoms with Crippen LogP contribution in [-0.2, 0) is 9.47 Å². The summed E-state index contributed by atoms with van der Waals surface area (Å²) in [6.07, 6.45) is 0. The van der Waals surface area contributed by atoms with E-state index in [1.807, 2.05) is 21.8 Å². The number of rotatable bonds is 4. The minimum Gasteiger partial charge on any atom is -0.379 e. The van der Waals surface area contributed by atoms with Gasteiger partial charge in [-0.1, -0.05) is 10.8 Å². The molecule has 2 heterocycles. The van der Waals surface area contributed by atoms with E-state index in [2.05, 4.69) is 9.21 Å². The van der Waals surface area contributed by atoms with Crippen molar-refractivity contribution in [3.8, 4) is 0 Å². The lowest BCUT2D eigenvalue weighted by Crippen LogP contribution is -2.36. The molecule has 2 aliphatic heterocycles. The highest BCUT2D eigenvalue weighted by Crippen LogP contribution is 2.27. The zero-order valence-electron chi connectivity index (χ0n) is 8.89. The maximum absolute atomic E-state index is 5.31. The van der Waals surface area contributed by atoms with Gasteiger partial charge in [0, 0.05) is 26.2 Å². The molecule has 0 aromatic heterocycles. The molecule has 0 radical (unpaired) electrons. The van der Waals surface area contributed by atoms with Gasteiger partial charge in [-0.15, -0.1) is 0 Å². The number of hydrogen-bond acceptors (Lipinski definition) is 6. The molecule has 0 saturated carbocycles. The summed E-state index contributed by atoms with van der Waals surface area (Å²) in [6.45, 7) is 7.82. The second kappa shape index (κ2) is 6.98. The molecule has 0 atom stereocenters. The number of ether oxygens (including phenoxy) is 2. The standard InChI is InChI=1S/C9H18N2O2S2/c1-5-12-6-2-10(1)9-14-15-11-3-7-13-8-4-11/h1-9H2. The van der Waals surface area contributed by atoms with Crippen molar-refractivity contribution in [3.63, 3.8) is 0 Å². The van der Waals surface area contributed by atoms with Gasteiger partial charge >= 0.3 is 0 Å². The molecule has 2 aliphatic rings. The van der Waals surface area contributed by atoms with Crippen molar-refractivity contribution in [1.29, 1.82) is 0 Å². The molecule has 0 bridgehead atoms. The summed E-state index contributed by atoms with van der Waals surface area (Å²) < 4.78 is 13.0. The van der Waals surface area contributed by atoms with Crippen molar-refractivity contribution < 1.29 is 9.47 Å². The minimum atomic E-state index is 0.880. The normalized spacial score (nSPS) is 25.6. The van der Waals surface area contributed by atoms with Gasteiger partial charge in [-0.2, -0.15) is 0 Å². The van der Waals surface area contributed by atoms with Crippen molar-refractivity contribution in [3.05, 3.63) is 0 Å². The molecule has 2 saturated heterocycles. The third-order valence-corrected chi connectivity index (χ3v) is 4.88. The zero-order valence-corrected chi connectivity index (χ0v) is 10.5. The van der Waals surface area contributed by atoms with Crippen LogP contribution in [0, 0.1) is 0 Å². The van der Waals surface area contributed by atoms with Crippen LogP contribution in [0.15, 0.2) is 0 Å². The summed E-state index contributed by atoms with van der Waals surface area (Å²) >= 11 is 0. The molecule has 0 aromatic rings. The maximum Gasteiger partial charge on any atom is 0.0603 e. The number of nitrogens with zero attached hydrogens (tertiary/aromatic N) is 2. The molecular weight excluding hydrogens is 232 g/mol. The van der Waals surface area contributed by atoms with Gasteiger partial charge in [0.2, 0.25) is 0 Å². The fraction of sp³-hybridized carbons (Fsp3) is 1.00. The van der Waals surface area contributed by atoms with E-state index in [9.17, 15) is 0 Å². The van der Waals surface area contributed by atoms with Gasteiger partial charge in [0.25, 0.3) is 0 Å². The van der Waals surface area contributed by atoms with E-state index >= 15 is 0 Å². The summed E-state index contributed by atoms with van der Waals surface area (Å²) in [5.41, 5.74) is 0. The van der Waals surface area contributed by atoms with Crippen LogP contribution in [0.2, 0.25) is 0 Å². The van der Waals surface area contributed by atoms with E-state index < -0.39 is 0 Å². The van der Waals surface area contributed by atoms with Crippen molar-refractivity contribution >= 4 is 21.8 Å². The van der Waals surface area contributed by atoms with Crippen LogP contribution in [0.5, 0.6) is 0 Å². The van der Waals surface area contributed by atoms with E-state index in [1.165, 1.54) is 0 Å². The largest absolute Gasteiger partial charge is 0.379 e. The molecule has 0 aromatic carbocycles. The Morgan fingerprint density at radius 3 is 2.13 bits per heavy atom. The van der Waals surface area contributed by atoms with Crippen LogP contribution in [0.3, 0.4) is 0 Å². The molecule has 6 heteroatoms. The van der Waals surface area contributed by atoms with Gasteiger partial charge in [0.1, 0.15) is 0 Å². The molecule has 0 unspecified atom stereocenters. The summed E-state index contributed by atoms with van der Waals surface area (Å²) in [7, 11) is 3.80. The third kappa shape index (κ3) is 4.50. The molecule has 88 valence electrons. The quantitative estimate of drug-likeness (QED) is 0.543. The van der Waals surface area contributed by atoms with E-state index in [0.717, 1.165) is 58.5 Å². The smallest absolute Gasteiger partial charge is 0.0603 e. The van der Waals surface area contributed by atoms with Crippen LogP contribution in [-0.4, -0.2) is 67.7 Å². The van der Waals surface area contributed by atoms with E-state index in [4.69, 9.17) is 9.47 Å². The monoisotopic (exact) mass is 250 g/mol.